The van der Waals surface area contributed by atoms with Crippen LogP contribution >= 0.6 is 0 Å². The van der Waals surface area contributed by atoms with Crippen LogP contribution in [0.3, 0.4) is 0 Å². The fraction of sp³-hybridized carbons (Fsp3) is 0.588. The first kappa shape index (κ1) is 15.8. The second-order valence-electron chi connectivity index (χ2n) is 6.45. The molecule has 0 aliphatic carbocycles. The van der Waals surface area contributed by atoms with Gasteiger partial charge in [-0.2, -0.15) is 0 Å². The third-order valence-corrected chi connectivity index (χ3v) is 4.05. The van der Waals surface area contributed by atoms with Gasteiger partial charge in [-0.05, 0) is 32.9 Å². The zero-order chi connectivity index (χ0) is 15.6. The summed E-state index contributed by atoms with van der Waals surface area (Å²) in [6, 6.07) is 6.27. The Morgan fingerprint density at radius 2 is 2.19 bits per heavy atom. The largest absolute Gasteiger partial charge is 0.487 e. The maximum absolute atomic E-state index is 10.9. The molecule has 21 heavy (non-hydrogen) atoms. The van der Waals surface area contributed by atoms with Gasteiger partial charge in [0.05, 0.1) is 6.42 Å². The maximum Gasteiger partial charge on any atom is 0.304 e. The quantitative estimate of drug-likeness (QED) is 0.875. The molecule has 1 atom stereocenters. The summed E-state index contributed by atoms with van der Waals surface area (Å²) < 4.78 is 6.09. The highest BCUT2D eigenvalue weighted by Gasteiger charge is 2.32. The normalized spacial score (nSPS) is 17.4. The van der Waals surface area contributed by atoms with Crippen molar-refractivity contribution in [2.45, 2.75) is 58.7 Å². The number of aliphatic carboxylic acids is 1. The Morgan fingerprint density at radius 1 is 1.48 bits per heavy atom. The van der Waals surface area contributed by atoms with Crippen molar-refractivity contribution in [1.82, 2.24) is 4.90 Å². The molecule has 2 rings (SSSR count). The van der Waals surface area contributed by atoms with Crippen LogP contribution in [0.15, 0.2) is 18.2 Å². The lowest BCUT2D eigenvalue weighted by Crippen LogP contribution is -2.34. The zero-order valence-electron chi connectivity index (χ0n) is 13.3. The van der Waals surface area contributed by atoms with Gasteiger partial charge in [0.15, 0.2) is 0 Å². The molecule has 1 aliphatic rings. The number of benzene rings is 1. The van der Waals surface area contributed by atoms with Crippen LogP contribution in [0.1, 0.15) is 45.2 Å². The van der Waals surface area contributed by atoms with E-state index in [1.165, 1.54) is 5.56 Å². The molecular weight excluding hydrogens is 266 g/mol. The van der Waals surface area contributed by atoms with E-state index in [1.807, 2.05) is 6.92 Å². The van der Waals surface area contributed by atoms with Gasteiger partial charge >= 0.3 is 5.97 Å². The number of fused-ring (bicyclic) bond motifs is 1. The molecule has 0 fully saturated rings. The molecule has 1 aliphatic heterocycles. The minimum absolute atomic E-state index is 0.0118. The second-order valence-corrected chi connectivity index (χ2v) is 6.45. The Balaban J connectivity index is 2.17. The van der Waals surface area contributed by atoms with Crippen molar-refractivity contribution in [3.8, 4) is 5.75 Å². The lowest BCUT2D eigenvalue weighted by molar-refractivity contribution is -0.138. The molecule has 0 bridgehead atoms. The van der Waals surface area contributed by atoms with E-state index in [0.717, 1.165) is 30.8 Å². The molecular formula is C17H25NO3. The van der Waals surface area contributed by atoms with E-state index in [2.05, 4.69) is 43.9 Å². The van der Waals surface area contributed by atoms with Gasteiger partial charge in [0.1, 0.15) is 11.4 Å². The number of hydrogen-bond acceptors (Lipinski definition) is 3. The summed E-state index contributed by atoms with van der Waals surface area (Å²) in [6.07, 6.45) is 1.09. The van der Waals surface area contributed by atoms with Crippen molar-refractivity contribution in [1.29, 1.82) is 0 Å². The molecule has 1 unspecified atom stereocenters. The van der Waals surface area contributed by atoms with Crippen molar-refractivity contribution in [3.05, 3.63) is 29.3 Å². The maximum atomic E-state index is 10.9. The van der Waals surface area contributed by atoms with E-state index >= 15 is 0 Å². The SMILES string of the molecule is CCN(Cc1cccc2c1OC(C)(C)C2)C(C)CC(=O)O. The van der Waals surface area contributed by atoms with Crippen molar-refractivity contribution in [2.24, 2.45) is 0 Å². The standard InChI is InChI=1S/C17H25NO3/c1-5-18(12(2)9-15(19)20)11-14-8-6-7-13-10-17(3,4)21-16(13)14/h6-8,12H,5,9-11H2,1-4H3,(H,19,20). The molecule has 0 saturated carbocycles. The van der Waals surface area contributed by atoms with E-state index in [4.69, 9.17) is 9.84 Å². The fourth-order valence-corrected chi connectivity index (χ4v) is 2.98. The lowest BCUT2D eigenvalue weighted by Gasteiger charge is -2.27. The van der Waals surface area contributed by atoms with Gasteiger partial charge in [-0.15, -0.1) is 0 Å². The van der Waals surface area contributed by atoms with Crippen LogP contribution in [0, 0.1) is 0 Å². The third-order valence-electron chi connectivity index (χ3n) is 4.05. The van der Waals surface area contributed by atoms with E-state index in [9.17, 15) is 4.79 Å². The number of nitrogens with zero attached hydrogens (tertiary/aromatic N) is 1. The number of carboxylic acids is 1. The summed E-state index contributed by atoms with van der Waals surface area (Å²) in [4.78, 5) is 13.1. The Hall–Kier alpha value is -1.55. The first-order valence-corrected chi connectivity index (χ1v) is 7.58. The number of ether oxygens (including phenoxy) is 1. The number of para-hydroxylation sites is 1. The summed E-state index contributed by atoms with van der Waals surface area (Å²) >= 11 is 0. The third kappa shape index (κ3) is 3.76. The molecule has 4 nitrogen and oxygen atoms in total. The first-order chi connectivity index (χ1) is 9.82. The highest BCUT2D eigenvalue weighted by molar-refractivity contribution is 5.67. The van der Waals surface area contributed by atoms with Gasteiger partial charge < -0.3 is 9.84 Å². The zero-order valence-corrected chi connectivity index (χ0v) is 13.3. The highest BCUT2D eigenvalue weighted by Crippen LogP contribution is 2.38. The predicted molar refractivity (Wildman–Crippen MR) is 82.7 cm³/mol. The molecule has 0 amide bonds. The Bertz CT molecular complexity index is 525. The minimum Gasteiger partial charge on any atom is -0.487 e. The average molecular weight is 291 g/mol. The fourth-order valence-electron chi connectivity index (χ4n) is 2.98. The van der Waals surface area contributed by atoms with Crippen LogP contribution < -0.4 is 4.74 Å². The first-order valence-electron chi connectivity index (χ1n) is 7.58. The highest BCUT2D eigenvalue weighted by atomic mass is 16.5. The molecule has 4 heteroatoms. The van der Waals surface area contributed by atoms with Crippen molar-refractivity contribution in [3.63, 3.8) is 0 Å². The van der Waals surface area contributed by atoms with E-state index in [-0.39, 0.29) is 18.1 Å². The van der Waals surface area contributed by atoms with E-state index < -0.39 is 5.97 Å². The monoisotopic (exact) mass is 291 g/mol. The summed E-state index contributed by atoms with van der Waals surface area (Å²) in [7, 11) is 0. The van der Waals surface area contributed by atoms with Gasteiger partial charge in [-0.25, -0.2) is 0 Å². The number of hydrogen-bond donors (Lipinski definition) is 1. The molecule has 1 N–H and O–H groups in total. The summed E-state index contributed by atoms with van der Waals surface area (Å²) in [5, 5.41) is 8.97. The summed E-state index contributed by atoms with van der Waals surface area (Å²) in [5.41, 5.74) is 2.25. The summed E-state index contributed by atoms with van der Waals surface area (Å²) in [6.45, 7) is 9.77. The topological polar surface area (TPSA) is 49.8 Å². The Morgan fingerprint density at radius 3 is 2.81 bits per heavy atom. The number of carboxylic acid groups (broad SMARTS) is 1. The number of rotatable bonds is 6. The minimum atomic E-state index is -0.753. The van der Waals surface area contributed by atoms with Crippen molar-refractivity contribution < 1.29 is 14.6 Å². The predicted octanol–water partition coefficient (Wildman–Crippen LogP) is 3.09. The van der Waals surface area contributed by atoms with Gasteiger partial charge in [0.2, 0.25) is 0 Å². The van der Waals surface area contributed by atoms with Gasteiger partial charge in [-0.1, -0.05) is 25.1 Å². The Labute approximate surface area is 126 Å². The Kier molecular flexibility index (Phi) is 4.57. The molecule has 1 aromatic rings. The van der Waals surface area contributed by atoms with Crippen LogP contribution in [0.25, 0.3) is 0 Å². The lowest BCUT2D eigenvalue weighted by atomic mass is 10.0. The molecule has 116 valence electrons. The molecule has 0 saturated heterocycles. The van der Waals surface area contributed by atoms with E-state index in [0.29, 0.717) is 0 Å². The summed E-state index contributed by atoms with van der Waals surface area (Å²) in [5.74, 6) is 0.236. The van der Waals surface area contributed by atoms with Gasteiger partial charge in [0, 0.05) is 24.6 Å². The molecule has 1 aromatic carbocycles. The average Bonchev–Trinajstić information content (AvgIpc) is 2.69. The molecule has 1 heterocycles. The van der Waals surface area contributed by atoms with Crippen LogP contribution in [-0.4, -0.2) is 34.2 Å². The second kappa shape index (κ2) is 6.06. The van der Waals surface area contributed by atoms with Gasteiger partial charge in [0.25, 0.3) is 0 Å². The van der Waals surface area contributed by atoms with Crippen molar-refractivity contribution >= 4 is 5.97 Å². The molecule has 0 radical (unpaired) electrons. The van der Waals surface area contributed by atoms with Crippen LogP contribution in [0.4, 0.5) is 0 Å². The smallest absolute Gasteiger partial charge is 0.304 e. The van der Waals surface area contributed by atoms with Gasteiger partial charge in [-0.3, -0.25) is 9.69 Å². The van der Waals surface area contributed by atoms with Crippen LogP contribution in [-0.2, 0) is 17.8 Å². The molecule has 0 spiro atoms. The van der Waals surface area contributed by atoms with Crippen LogP contribution in [0.5, 0.6) is 5.75 Å². The van der Waals surface area contributed by atoms with E-state index in [1.54, 1.807) is 0 Å². The van der Waals surface area contributed by atoms with Crippen molar-refractivity contribution in [2.75, 3.05) is 6.54 Å². The van der Waals surface area contributed by atoms with Crippen LogP contribution in [0.2, 0.25) is 0 Å². The number of carbonyl (C=O) groups is 1. The molecule has 0 aromatic heterocycles.